The van der Waals surface area contributed by atoms with Gasteiger partial charge in [0.1, 0.15) is 0 Å². The number of hydrogen-bond acceptors (Lipinski definition) is 1. The summed E-state index contributed by atoms with van der Waals surface area (Å²) < 4.78 is 0. The molecule has 2 saturated carbocycles. The van der Waals surface area contributed by atoms with Crippen molar-refractivity contribution in [1.29, 1.82) is 0 Å². The maximum Gasteiger partial charge on any atom is 0.00646 e. The van der Waals surface area contributed by atoms with Crippen LogP contribution in [0.3, 0.4) is 0 Å². The first kappa shape index (κ1) is 11.4. The Hall–Kier alpha value is -0.0400. The van der Waals surface area contributed by atoms with Crippen molar-refractivity contribution in [2.24, 2.45) is 11.3 Å². The van der Waals surface area contributed by atoms with Crippen LogP contribution >= 0.6 is 0 Å². The van der Waals surface area contributed by atoms with E-state index in [1.165, 1.54) is 57.9 Å². The van der Waals surface area contributed by atoms with E-state index in [0.717, 1.165) is 17.4 Å². The SMILES string of the molecule is CCCCC(CC)NCC1(C2CC2)CC1. The highest BCUT2D eigenvalue weighted by atomic mass is 14.9. The highest BCUT2D eigenvalue weighted by molar-refractivity contribution is 5.05. The van der Waals surface area contributed by atoms with Gasteiger partial charge in [0.25, 0.3) is 0 Å². The molecule has 0 bridgehead atoms. The summed E-state index contributed by atoms with van der Waals surface area (Å²) in [6.45, 7) is 5.93. The molecule has 0 amide bonds. The molecule has 0 aromatic rings. The summed E-state index contributed by atoms with van der Waals surface area (Å²) in [7, 11) is 0. The Morgan fingerprint density at radius 3 is 2.47 bits per heavy atom. The maximum atomic E-state index is 3.83. The molecule has 0 saturated heterocycles. The molecule has 2 aliphatic rings. The van der Waals surface area contributed by atoms with Gasteiger partial charge in [0.05, 0.1) is 0 Å². The second-order valence-electron chi connectivity index (χ2n) is 5.76. The van der Waals surface area contributed by atoms with E-state index >= 15 is 0 Å². The Balaban J connectivity index is 1.66. The smallest absolute Gasteiger partial charge is 0.00646 e. The molecule has 2 rings (SSSR count). The van der Waals surface area contributed by atoms with Gasteiger partial charge in [-0.05, 0) is 49.9 Å². The fourth-order valence-corrected chi connectivity index (χ4v) is 2.83. The lowest BCUT2D eigenvalue weighted by atomic mass is 9.99. The number of unbranched alkanes of at least 4 members (excludes halogenated alkanes) is 1. The van der Waals surface area contributed by atoms with Gasteiger partial charge >= 0.3 is 0 Å². The van der Waals surface area contributed by atoms with Crippen molar-refractivity contribution in [1.82, 2.24) is 5.32 Å². The molecule has 1 nitrogen and oxygen atoms in total. The van der Waals surface area contributed by atoms with E-state index in [4.69, 9.17) is 0 Å². The minimum absolute atomic E-state index is 0.777. The predicted octanol–water partition coefficient (Wildman–Crippen LogP) is 3.74. The van der Waals surface area contributed by atoms with Gasteiger partial charge in [0, 0.05) is 12.6 Å². The molecular formula is C14H27N. The normalized spacial score (nSPS) is 25.2. The first-order chi connectivity index (χ1) is 7.30. The van der Waals surface area contributed by atoms with Gasteiger partial charge < -0.3 is 5.32 Å². The molecule has 1 heteroatoms. The fraction of sp³-hybridized carbons (Fsp3) is 1.00. The van der Waals surface area contributed by atoms with Crippen molar-refractivity contribution >= 4 is 0 Å². The van der Waals surface area contributed by atoms with Crippen LogP contribution in [0.1, 0.15) is 65.2 Å². The lowest BCUT2D eigenvalue weighted by molar-refractivity contribution is 0.353. The van der Waals surface area contributed by atoms with E-state index in [-0.39, 0.29) is 0 Å². The van der Waals surface area contributed by atoms with Gasteiger partial charge in [-0.2, -0.15) is 0 Å². The Bertz CT molecular complexity index is 192. The minimum atomic E-state index is 0.777. The van der Waals surface area contributed by atoms with Crippen molar-refractivity contribution < 1.29 is 0 Å². The monoisotopic (exact) mass is 209 g/mol. The number of nitrogens with one attached hydrogen (secondary N) is 1. The van der Waals surface area contributed by atoms with Crippen molar-refractivity contribution in [2.45, 2.75) is 71.3 Å². The molecule has 0 aromatic carbocycles. The zero-order valence-electron chi connectivity index (χ0n) is 10.5. The summed E-state index contributed by atoms with van der Waals surface area (Å²) >= 11 is 0. The standard InChI is InChI=1S/C14H27N/c1-3-5-6-13(4-2)15-11-14(9-10-14)12-7-8-12/h12-13,15H,3-11H2,1-2H3. The molecule has 0 spiro atoms. The van der Waals surface area contributed by atoms with Crippen LogP contribution in [0, 0.1) is 11.3 Å². The highest BCUT2D eigenvalue weighted by Gasteiger charge is 2.53. The van der Waals surface area contributed by atoms with Crippen LogP contribution in [-0.2, 0) is 0 Å². The van der Waals surface area contributed by atoms with Gasteiger partial charge in [-0.3, -0.25) is 0 Å². The molecule has 1 N–H and O–H groups in total. The largest absolute Gasteiger partial charge is 0.313 e. The van der Waals surface area contributed by atoms with Crippen LogP contribution in [0.5, 0.6) is 0 Å². The van der Waals surface area contributed by atoms with Crippen molar-refractivity contribution in [3.63, 3.8) is 0 Å². The number of hydrogen-bond donors (Lipinski definition) is 1. The van der Waals surface area contributed by atoms with Crippen LogP contribution in [0.15, 0.2) is 0 Å². The predicted molar refractivity (Wildman–Crippen MR) is 66.0 cm³/mol. The maximum absolute atomic E-state index is 3.83. The van der Waals surface area contributed by atoms with E-state index in [1.54, 1.807) is 0 Å². The third-order valence-electron chi connectivity index (χ3n) is 4.48. The molecule has 0 aliphatic heterocycles. The average Bonchev–Trinajstić information content (AvgIpc) is 3.10. The molecule has 15 heavy (non-hydrogen) atoms. The van der Waals surface area contributed by atoms with E-state index in [2.05, 4.69) is 19.2 Å². The first-order valence-electron chi connectivity index (χ1n) is 7.04. The van der Waals surface area contributed by atoms with E-state index in [0.29, 0.717) is 0 Å². The third kappa shape index (κ3) is 2.96. The summed E-state index contributed by atoms with van der Waals surface area (Å²) in [5.74, 6) is 1.11. The van der Waals surface area contributed by atoms with Gasteiger partial charge in [0.15, 0.2) is 0 Å². The van der Waals surface area contributed by atoms with Crippen LogP contribution in [-0.4, -0.2) is 12.6 Å². The van der Waals surface area contributed by atoms with E-state index in [9.17, 15) is 0 Å². The van der Waals surface area contributed by atoms with Crippen molar-refractivity contribution in [2.75, 3.05) is 6.54 Å². The molecule has 1 unspecified atom stereocenters. The molecule has 0 heterocycles. The summed E-state index contributed by atoms with van der Waals surface area (Å²) in [6.07, 6.45) is 11.5. The van der Waals surface area contributed by atoms with Crippen molar-refractivity contribution in [3.05, 3.63) is 0 Å². The highest BCUT2D eigenvalue weighted by Crippen LogP contribution is 2.60. The molecule has 2 aliphatic carbocycles. The Kier molecular flexibility index (Phi) is 3.71. The Morgan fingerprint density at radius 2 is 2.00 bits per heavy atom. The zero-order valence-corrected chi connectivity index (χ0v) is 10.5. The quantitative estimate of drug-likeness (QED) is 0.642. The zero-order chi connectivity index (χ0) is 10.7. The fourth-order valence-electron chi connectivity index (χ4n) is 2.83. The second-order valence-corrected chi connectivity index (χ2v) is 5.76. The van der Waals surface area contributed by atoms with Gasteiger partial charge in [-0.1, -0.05) is 26.7 Å². The van der Waals surface area contributed by atoms with Crippen LogP contribution < -0.4 is 5.32 Å². The van der Waals surface area contributed by atoms with Gasteiger partial charge in [0.2, 0.25) is 0 Å². The average molecular weight is 209 g/mol. The topological polar surface area (TPSA) is 12.0 Å². The van der Waals surface area contributed by atoms with Gasteiger partial charge in [-0.15, -0.1) is 0 Å². The molecule has 0 aromatic heterocycles. The van der Waals surface area contributed by atoms with Crippen LogP contribution in [0.2, 0.25) is 0 Å². The molecule has 1 atom stereocenters. The Morgan fingerprint density at radius 1 is 1.27 bits per heavy atom. The molecular weight excluding hydrogens is 182 g/mol. The van der Waals surface area contributed by atoms with Crippen molar-refractivity contribution in [3.8, 4) is 0 Å². The Labute approximate surface area is 95.0 Å². The van der Waals surface area contributed by atoms with Gasteiger partial charge in [-0.25, -0.2) is 0 Å². The molecule has 0 radical (unpaired) electrons. The van der Waals surface area contributed by atoms with E-state index in [1.807, 2.05) is 0 Å². The molecule has 2 fully saturated rings. The third-order valence-corrected chi connectivity index (χ3v) is 4.48. The van der Waals surface area contributed by atoms with Crippen LogP contribution in [0.4, 0.5) is 0 Å². The number of rotatable bonds is 8. The lowest BCUT2D eigenvalue weighted by Crippen LogP contribution is -2.34. The minimum Gasteiger partial charge on any atom is -0.313 e. The second kappa shape index (κ2) is 4.86. The van der Waals surface area contributed by atoms with E-state index < -0.39 is 0 Å². The summed E-state index contributed by atoms with van der Waals surface area (Å²) in [5.41, 5.74) is 0.777. The summed E-state index contributed by atoms with van der Waals surface area (Å²) in [4.78, 5) is 0. The van der Waals surface area contributed by atoms with Crippen LogP contribution in [0.25, 0.3) is 0 Å². The lowest BCUT2D eigenvalue weighted by Gasteiger charge is -2.21. The summed E-state index contributed by atoms with van der Waals surface area (Å²) in [5, 5.41) is 3.83. The molecule has 88 valence electrons. The first-order valence-corrected chi connectivity index (χ1v) is 7.04. The summed E-state index contributed by atoms with van der Waals surface area (Å²) in [6, 6.07) is 0.793.